The Morgan fingerprint density at radius 2 is 1.95 bits per heavy atom. The van der Waals surface area contributed by atoms with Crippen molar-refractivity contribution in [2.75, 3.05) is 5.73 Å². The Labute approximate surface area is 123 Å². The number of nitrogens with two attached hydrogens (primary N) is 1. The first-order valence-corrected chi connectivity index (χ1v) is 7.10. The van der Waals surface area contributed by atoms with Gasteiger partial charge in [-0.3, -0.25) is 0 Å². The standard InChI is InChI=1S/C13H8Cl2N2OS/c14-9-2-1-7(5-10(9)15)11-12(17-18-13(11)16)8-3-4-19-6-8/h1-6H,16H2. The minimum atomic E-state index is 0.264. The lowest BCUT2D eigenvalue weighted by atomic mass is 10.0. The van der Waals surface area contributed by atoms with Crippen LogP contribution in [0.3, 0.4) is 0 Å². The Balaban J connectivity index is 2.19. The van der Waals surface area contributed by atoms with E-state index in [4.69, 9.17) is 33.5 Å². The van der Waals surface area contributed by atoms with Gasteiger partial charge in [0.25, 0.3) is 0 Å². The molecule has 96 valence electrons. The minimum Gasteiger partial charge on any atom is -0.367 e. The molecule has 0 atom stereocenters. The van der Waals surface area contributed by atoms with Crippen molar-refractivity contribution in [1.29, 1.82) is 0 Å². The van der Waals surface area contributed by atoms with Crippen LogP contribution in [0, 0.1) is 0 Å². The molecule has 2 aromatic heterocycles. The van der Waals surface area contributed by atoms with Crippen molar-refractivity contribution in [3.8, 4) is 22.4 Å². The van der Waals surface area contributed by atoms with E-state index in [1.807, 2.05) is 22.9 Å². The molecular formula is C13H8Cl2N2OS. The van der Waals surface area contributed by atoms with Gasteiger partial charge in [0.2, 0.25) is 5.88 Å². The maximum Gasteiger partial charge on any atom is 0.230 e. The van der Waals surface area contributed by atoms with Crippen LogP contribution in [0.25, 0.3) is 22.4 Å². The molecule has 3 nitrogen and oxygen atoms in total. The Hall–Kier alpha value is -1.49. The van der Waals surface area contributed by atoms with Crippen LogP contribution in [0.2, 0.25) is 10.0 Å². The van der Waals surface area contributed by atoms with E-state index in [2.05, 4.69) is 5.16 Å². The summed E-state index contributed by atoms with van der Waals surface area (Å²) in [5, 5.41) is 8.94. The Morgan fingerprint density at radius 1 is 1.11 bits per heavy atom. The minimum absolute atomic E-state index is 0.264. The third-order valence-corrected chi connectivity index (χ3v) is 4.14. The van der Waals surface area contributed by atoms with E-state index in [0.717, 1.165) is 16.7 Å². The molecule has 19 heavy (non-hydrogen) atoms. The zero-order valence-electron chi connectivity index (χ0n) is 9.56. The van der Waals surface area contributed by atoms with Crippen molar-refractivity contribution in [3.05, 3.63) is 45.1 Å². The van der Waals surface area contributed by atoms with Crippen LogP contribution in [-0.4, -0.2) is 5.16 Å². The van der Waals surface area contributed by atoms with E-state index in [0.29, 0.717) is 15.7 Å². The number of anilines is 1. The number of hydrogen-bond acceptors (Lipinski definition) is 4. The van der Waals surface area contributed by atoms with Gasteiger partial charge >= 0.3 is 0 Å². The molecule has 0 unspecified atom stereocenters. The molecule has 3 aromatic rings. The molecular weight excluding hydrogens is 303 g/mol. The fraction of sp³-hybridized carbons (Fsp3) is 0. The number of nitrogens with zero attached hydrogens (tertiary/aromatic N) is 1. The second-order valence-electron chi connectivity index (χ2n) is 3.91. The van der Waals surface area contributed by atoms with E-state index in [1.165, 1.54) is 0 Å². The predicted molar refractivity (Wildman–Crippen MR) is 79.7 cm³/mol. The van der Waals surface area contributed by atoms with Crippen molar-refractivity contribution in [3.63, 3.8) is 0 Å². The normalized spacial score (nSPS) is 10.8. The molecule has 0 fully saturated rings. The number of nitrogen functional groups attached to an aromatic ring is 1. The lowest BCUT2D eigenvalue weighted by Crippen LogP contribution is -1.87. The highest BCUT2D eigenvalue weighted by atomic mass is 35.5. The third-order valence-electron chi connectivity index (χ3n) is 2.72. The monoisotopic (exact) mass is 310 g/mol. The topological polar surface area (TPSA) is 52.0 Å². The van der Waals surface area contributed by atoms with Crippen molar-refractivity contribution in [2.24, 2.45) is 0 Å². The van der Waals surface area contributed by atoms with E-state index in [1.54, 1.807) is 23.5 Å². The van der Waals surface area contributed by atoms with Gasteiger partial charge in [0.15, 0.2) is 0 Å². The summed E-state index contributed by atoms with van der Waals surface area (Å²) >= 11 is 13.5. The van der Waals surface area contributed by atoms with Gasteiger partial charge < -0.3 is 10.3 Å². The number of rotatable bonds is 2. The molecule has 1 aromatic carbocycles. The summed E-state index contributed by atoms with van der Waals surface area (Å²) < 4.78 is 5.10. The first-order chi connectivity index (χ1) is 9.16. The van der Waals surface area contributed by atoms with Crippen LogP contribution in [-0.2, 0) is 0 Å². The van der Waals surface area contributed by atoms with Gasteiger partial charge in [-0.05, 0) is 29.1 Å². The van der Waals surface area contributed by atoms with Crippen molar-refractivity contribution in [2.45, 2.75) is 0 Å². The molecule has 0 aliphatic carbocycles. The quantitative estimate of drug-likeness (QED) is 0.728. The van der Waals surface area contributed by atoms with Gasteiger partial charge in [0, 0.05) is 10.9 Å². The molecule has 6 heteroatoms. The number of thiophene rings is 1. The summed E-state index contributed by atoms with van der Waals surface area (Å²) in [6, 6.07) is 7.28. The number of hydrogen-bond donors (Lipinski definition) is 1. The summed E-state index contributed by atoms with van der Waals surface area (Å²) in [6.07, 6.45) is 0. The second-order valence-corrected chi connectivity index (χ2v) is 5.51. The molecule has 2 N–H and O–H groups in total. The molecule has 2 heterocycles. The fourth-order valence-corrected chi connectivity index (χ4v) is 2.77. The summed E-state index contributed by atoms with van der Waals surface area (Å²) in [4.78, 5) is 0. The summed E-state index contributed by atoms with van der Waals surface area (Å²) in [5.41, 5.74) is 9.10. The second kappa shape index (κ2) is 4.89. The highest BCUT2D eigenvalue weighted by Gasteiger charge is 2.18. The first kappa shape index (κ1) is 12.5. The zero-order chi connectivity index (χ0) is 13.4. The van der Waals surface area contributed by atoms with E-state index >= 15 is 0 Å². The van der Waals surface area contributed by atoms with Crippen LogP contribution < -0.4 is 5.73 Å². The zero-order valence-corrected chi connectivity index (χ0v) is 11.9. The molecule has 3 rings (SSSR count). The van der Waals surface area contributed by atoms with Gasteiger partial charge in [-0.25, -0.2) is 0 Å². The smallest absolute Gasteiger partial charge is 0.230 e. The van der Waals surface area contributed by atoms with Gasteiger partial charge in [0.05, 0.1) is 15.6 Å². The highest BCUT2D eigenvalue weighted by Crippen LogP contribution is 2.38. The van der Waals surface area contributed by atoms with Crippen LogP contribution in [0.5, 0.6) is 0 Å². The number of halogens is 2. The molecule has 0 radical (unpaired) electrons. The summed E-state index contributed by atoms with van der Waals surface area (Å²) in [6.45, 7) is 0. The van der Waals surface area contributed by atoms with E-state index in [-0.39, 0.29) is 5.88 Å². The highest BCUT2D eigenvalue weighted by molar-refractivity contribution is 7.08. The van der Waals surface area contributed by atoms with Crippen LogP contribution >= 0.6 is 34.5 Å². The molecule has 0 saturated heterocycles. The SMILES string of the molecule is Nc1onc(-c2ccsc2)c1-c1ccc(Cl)c(Cl)c1. The lowest BCUT2D eigenvalue weighted by Gasteiger charge is -2.03. The maximum absolute atomic E-state index is 6.04. The molecule has 0 saturated carbocycles. The average Bonchev–Trinajstić information content (AvgIpc) is 3.01. The molecule has 0 bridgehead atoms. The average molecular weight is 311 g/mol. The molecule has 0 aliphatic heterocycles. The van der Waals surface area contributed by atoms with Gasteiger partial charge in [-0.2, -0.15) is 11.3 Å². The summed E-state index contributed by atoms with van der Waals surface area (Å²) in [5.74, 6) is 0.264. The van der Waals surface area contributed by atoms with E-state index in [9.17, 15) is 0 Å². The fourth-order valence-electron chi connectivity index (χ4n) is 1.83. The van der Waals surface area contributed by atoms with Crippen molar-refractivity contribution in [1.82, 2.24) is 5.16 Å². The number of benzene rings is 1. The molecule has 0 amide bonds. The van der Waals surface area contributed by atoms with Crippen LogP contribution in [0.1, 0.15) is 0 Å². The lowest BCUT2D eigenvalue weighted by molar-refractivity contribution is 0.439. The number of aromatic nitrogens is 1. The van der Waals surface area contributed by atoms with Gasteiger partial charge in [-0.1, -0.05) is 34.4 Å². The first-order valence-electron chi connectivity index (χ1n) is 5.40. The largest absolute Gasteiger partial charge is 0.367 e. The Bertz CT molecular complexity index is 722. The Morgan fingerprint density at radius 3 is 2.63 bits per heavy atom. The van der Waals surface area contributed by atoms with Crippen LogP contribution in [0.4, 0.5) is 5.88 Å². The third kappa shape index (κ3) is 2.23. The summed E-state index contributed by atoms with van der Waals surface area (Å²) in [7, 11) is 0. The van der Waals surface area contributed by atoms with E-state index < -0.39 is 0 Å². The Kier molecular flexibility index (Phi) is 3.22. The molecule has 0 spiro atoms. The van der Waals surface area contributed by atoms with Crippen molar-refractivity contribution >= 4 is 40.4 Å². The van der Waals surface area contributed by atoms with Gasteiger partial charge in [-0.15, -0.1) is 0 Å². The van der Waals surface area contributed by atoms with Gasteiger partial charge in [0.1, 0.15) is 5.69 Å². The predicted octanol–water partition coefficient (Wildman–Crippen LogP) is 4.96. The van der Waals surface area contributed by atoms with Crippen molar-refractivity contribution < 1.29 is 4.52 Å². The molecule has 0 aliphatic rings. The maximum atomic E-state index is 6.04. The van der Waals surface area contributed by atoms with Crippen LogP contribution in [0.15, 0.2) is 39.5 Å².